The van der Waals surface area contributed by atoms with Crippen LogP contribution in [-0.2, 0) is 15.1 Å². The first kappa shape index (κ1) is 14.5. The molecule has 1 aliphatic carbocycles. The first-order valence-corrected chi connectivity index (χ1v) is 7.89. The van der Waals surface area contributed by atoms with E-state index in [4.69, 9.17) is 4.74 Å². The molecule has 0 aromatic carbocycles. The molecular weight excluding hydrogens is 260 g/mol. The predicted octanol–water partition coefficient (Wildman–Crippen LogP) is 2.84. The van der Waals surface area contributed by atoms with Crippen LogP contribution in [0.25, 0.3) is 0 Å². The van der Waals surface area contributed by atoms with E-state index in [0.717, 1.165) is 17.8 Å². The Hall–Kier alpha value is -0.940. The van der Waals surface area contributed by atoms with Gasteiger partial charge in [0.05, 0.1) is 6.61 Å². The zero-order chi connectivity index (χ0) is 13.7. The van der Waals surface area contributed by atoms with Gasteiger partial charge in [0.25, 0.3) is 0 Å². The quantitative estimate of drug-likeness (QED) is 0.844. The number of carbonyl (C=O) groups is 1. The van der Waals surface area contributed by atoms with Crippen molar-refractivity contribution in [3.8, 4) is 0 Å². The lowest BCUT2D eigenvalue weighted by atomic mass is 9.92. The van der Waals surface area contributed by atoms with Crippen molar-refractivity contribution in [3.63, 3.8) is 0 Å². The van der Waals surface area contributed by atoms with Crippen molar-refractivity contribution in [2.24, 2.45) is 0 Å². The van der Waals surface area contributed by atoms with Crippen LogP contribution in [0.5, 0.6) is 0 Å². The molecule has 4 nitrogen and oxygen atoms in total. The molecule has 0 aliphatic heterocycles. The highest BCUT2D eigenvalue weighted by molar-refractivity contribution is 7.09. The number of nitrogens with one attached hydrogen (secondary N) is 1. The summed E-state index contributed by atoms with van der Waals surface area (Å²) in [7, 11) is 0. The van der Waals surface area contributed by atoms with Gasteiger partial charge in [0.15, 0.2) is 5.54 Å². The van der Waals surface area contributed by atoms with Gasteiger partial charge in [-0.25, -0.2) is 9.78 Å². The summed E-state index contributed by atoms with van der Waals surface area (Å²) >= 11 is 1.50. The van der Waals surface area contributed by atoms with Crippen LogP contribution in [0.3, 0.4) is 0 Å². The Morgan fingerprint density at radius 3 is 2.84 bits per heavy atom. The highest BCUT2D eigenvalue weighted by Gasteiger charge is 2.41. The Morgan fingerprint density at radius 2 is 2.26 bits per heavy atom. The molecule has 1 unspecified atom stereocenters. The van der Waals surface area contributed by atoms with Crippen LogP contribution in [0, 0.1) is 0 Å². The summed E-state index contributed by atoms with van der Waals surface area (Å²) in [5.74, 6) is -0.226. The van der Waals surface area contributed by atoms with E-state index >= 15 is 0 Å². The second kappa shape index (κ2) is 6.48. The molecule has 0 spiro atoms. The zero-order valence-electron chi connectivity index (χ0n) is 11.6. The van der Waals surface area contributed by atoms with Gasteiger partial charge in [0.2, 0.25) is 0 Å². The van der Waals surface area contributed by atoms with Gasteiger partial charge < -0.3 is 4.74 Å². The van der Waals surface area contributed by atoms with E-state index in [2.05, 4.69) is 10.3 Å². The van der Waals surface area contributed by atoms with E-state index in [1.165, 1.54) is 30.6 Å². The average molecular weight is 282 g/mol. The Kier molecular flexibility index (Phi) is 4.93. The van der Waals surface area contributed by atoms with E-state index in [1.807, 2.05) is 19.2 Å². The highest BCUT2D eigenvalue weighted by Crippen LogP contribution is 2.28. The topological polar surface area (TPSA) is 51.2 Å². The SMILES string of the molecule is CCOC(=O)C(C)(NC1CCCCC1)c1nccs1. The molecule has 2 rings (SSSR count). The van der Waals surface area contributed by atoms with Crippen LogP contribution in [0.2, 0.25) is 0 Å². The number of nitrogens with zero attached hydrogens (tertiary/aromatic N) is 1. The van der Waals surface area contributed by atoms with Crippen LogP contribution in [0.1, 0.15) is 51.0 Å². The summed E-state index contributed by atoms with van der Waals surface area (Å²) in [6.45, 7) is 4.12. The van der Waals surface area contributed by atoms with Gasteiger partial charge in [-0.05, 0) is 26.7 Å². The molecule has 1 heterocycles. The summed E-state index contributed by atoms with van der Waals surface area (Å²) in [5.41, 5.74) is -0.813. The van der Waals surface area contributed by atoms with Crippen molar-refractivity contribution < 1.29 is 9.53 Å². The monoisotopic (exact) mass is 282 g/mol. The Labute approximate surface area is 118 Å². The van der Waals surface area contributed by atoms with Crippen molar-refractivity contribution in [2.45, 2.75) is 57.5 Å². The number of aromatic nitrogens is 1. The smallest absolute Gasteiger partial charge is 0.333 e. The van der Waals surface area contributed by atoms with Crippen LogP contribution in [-0.4, -0.2) is 23.6 Å². The van der Waals surface area contributed by atoms with Gasteiger partial charge >= 0.3 is 5.97 Å². The molecule has 19 heavy (non-hydrogen) atoms. The standard InChI is InChI=1S/C14H22N2O2S/c1-3-18-13(17)14(2,12-15-9-10-19-12)16-11-7-5-4-6-8-11/h9-11,16H,3-8H2,1-2H3. The number of hydrogen-bond donors (Lipinski definition) is 1. The minimum absolute atomic E-state index is 0.226. The summed E-state index contributed by atoms with van der Waals surface area (Å²) in [5, 5.41) is 6.18. The Balaban J connectivity index is 2.16. The number of hydrogen-bond acceptors (Lipinski definition) is 5. The third-order valence-electron chi connectivity index (χ3n) is 3.64. The van der Waals surface area contributed by atoms with Gasteiger partial charge in [-0.3, -0.25) is 5.32 Å². The van der Waals surface area contributed by atoms with Crippen molar-refractivity contribution in [1.29, 1.82) is 0 Å². The molecular formula is C14H22N2O2S. The molecule has 1 aliphatic rings. The zero-order valence-corrected chi connectivity index (χ0v) is 12.5. The van der Waals surface area contributed by atoms with E-state index in [9.17, 15) is 4.79 Å². The largest absolute Gasteiger partial charge is 0.464 e. The van der Waals surface area contributed by atoms with Crippen molar-refractivity contribution >= 4 is 17.3 Å². The summed E-state index contributed by atoms with van der Waals surface area (Å²) in [4.78, 5) is 16.6. The fourth-order valence-electron chi connectivity index (χ4n) is 2.61. The minimum atomic E-state index is -0.813. The van der Waals surface area contributed by atoms with E-state index in [-0.39, 0.29) is 5.97 Å². The van der Waals surface area contributed by atoms with Gasteiger partial charge in [-0.15, -0.1) is 11.3 Å². The van der Waals surface area contributed by atoms with Crippen LogP contribution in [0.15, 0.2) is 11.6 Å². The molecule has 1 aromatic heterocycles. The lowest BCUT2D eigenvalue weighted by Crippen LogP contribution is -2.52. The lowest BCUT2D eigenvalue weighted by Gasteiger charge is -2.33. The molecule has 0 radical (unpaired) electrons. The molecule has 106 valence electrons. The molecule has 1 N–H and O–H groups in total. The van der Waals surface area contributed by atoms with E-state index in [1.54, 1.807) is 6.20 Å². The number of ether oxygens (including phenoxy) is 1. The van der Waals surface area contributed by atoms with Crippen LogP contribution >= 0.6 is 11.3 Å². The summed E-state index contributed by atoms with van der Waals surface area (Å²) < 4.78 is 5.24. The molecule has 0 bridgehead atoms. The molecule has 1 saturated carbocycles. The van der Waals surface area contributed by atoms with Crippen molar-refractivity contribution in [1.82, 2.24) is 10.3 Å². The maximum atomic E-state index is 12.3. The van der Waals surface area contributed by atoms with Crippen molar-refractivity contribution in [2.75, 3.05) is 6.61 Å². The van der Waals surface area contributed by atoms with Crippen LogP contribution in [0.4, 0.5) is 0 Å². The predicted molar refractivity (Wildman–Crippen MR) is 76.1 cm³/mol. The van der Waals surface area contributed by atoms with E-state index in [0.29, 0.717) is 12.6 Å². The molecule has 1 atom stereocenters. The Bertz CT molecular complexity index is 402. The van der Waals surface area contributed by atoms with Gasteiger partial charge in [0.1, 0.15) is 5.01 Å². The van der Waals surface area contributed by atoms with Crippen LogP contribution < -0.4 is 5.32 Å². The van der Waals surface area contributed by atoms with Gasteiger partial charge in [-0.2, -0.15) is 0 Å². The third kappa shape index (κ3) is 3.34. The summed E-state index contributed by atoms with van der Waals surface area (Å²) in [6.07, 6.45) is 7.75. The highest BCUT2D eigenvalue weighted by atomic mass is 32.1. The fraction of sp³-hybridized carbons (Fsp3) is 0.714. The first-order chi connectivity index (χ1) is 9.16. The molecule has 0 saturated heterocycles. The fourth-order valence-corrected chi connectivity index (χ4v) is 3.36. The molecule has 1 fully saturated rings. The number of esters is 1. The normalized spacial score (nSPS) is 19.9. The average Bonchev–Trinajstić information content (AvgIpc) is 2.94. The maximum absolute atomic E-state index is 12.3. The van der Waals surface area contributed by atoms with Gasteiger partial charge in [-0.1, -0.05) is 19.3 Å². The summed E-state index contributed by atoms with van der Waals surface area (Å²) in [6, 6.07) is 0.382. The lowest BCUT2D eigenvalue weighted by molar-refractivity contribution is -0.151. The number of carbonyl (C=O) groups excluding carboxylic acids is 1. The molecule has 0 amide bonds. The van der Waals surface area contributed by atoms with Crippen molar-refractivity contribution in [3.05, 3.63) is 16.6 Å². The number of rotatable bonds is 5. The first-order valence-electron chi connectivity index (χ1n) is 7.01. The molecule has 5 heteroatoms. The Morgan fingerprint density at radius 1 is 1.53 bits per heavy atom. The maximum Gasteiger partial charge on any atom is 0.333 e. The second-order valence-electron chi connectivity index (χ2n) is 5.16. The second-order valence-corrected chi connectivity index (χ2v) is 6.06. The molecule has 1 aromatic rings. The van der Waals surface area contributed by atoms with E-state index < -0.39 is 5.54 Å². The third-order valence-corrected chi connectivity index (χ3v) is 4.64. The number of thiazole rings is 1. The minimum Gasteiger partial charge on any atom is -0.464 e. The van der Waals surface area contributed by atoms with Gasteiger partial charge in [0, 0.05) is 17.6 Å².